The predicted molar refractivity (Wildman–Crippen MR) is 114 cm³/mol. The third-order valence-corrected chi connectivity index (χ3v) is 6.33. The van der Waals surface area contributed by atoms with Crippen LogP contribution in [0.3, 0.4) is 0 Å². The standard InChI is InChI=1S/C22H29N5O2/c1-17-7-11-25(12-8-17)21-20(27(28)29)22(24-16-23-21)26-13-9-19(10-14-26)15-18-5-3-2-4-6-18/h2-6,16-17,19H,7-15H2,1H3. The molecule has 2 aromatic rings. The SMILES string of the molecule is CC1CCN(c2ncnc(N3CCC(Cc4ccccc4)CC3)c2[N+](=O)[O-])CC1. The predicted octanol–water partition coefficient (Wildman–Crippen LogP) is 4.08. The molecular formula is C22H29N5O2. The molecule has 0 atom stereocenters. The Morgan fingerprint density at radius 2 is 1.52 bits per heavy atom. The molecule has 0 amide bonds. The van der Waals surface area contributed by atoms with Crippen molar-refractivity contribution in [2.24, 2.45) is 11.8 Å². The number of benzene rings is 1. The number of nitro groups is 1. The molecule has 29 heavy (non-hydrogen) atoms. The van der Waals surface area contributed by atoms with Gasteiger partial charge in [0.2, 0.25) is 11.6 Å². The van der Waals surface area contributed by atoms with E-state index in [9.17, 15) is 10.1 Å². The summed E-state index contributed by atoms with van der Waals surface area (Å²) in [7, 11) is 0. The molecule has 154 valence electrons. The molecular weight excluding hydrogens is 366 g/mol. The van der Waals surface area contributed by atoms with Crippen LogP contribution in [0.5, 0.6) is 0 Å². The quantitative estimate of drug-likeness (QED) is 0.561. The summed E-state index contributed by atoms with van der Waals surface area (Å²) in [6, 6.07) is 10.6. The summed E-state index contributed by atoms with van der Waals surface area (Å²) >= 11 is 0. The molecule has 3 heterocycles. The Kier molecular flexibility index (Phi) is 5.92. The maximum absolute atomic E-state index is 12.0. The van der Waals surface area contributed by atoms with Gasteiger partial charge in [-0.3, -0.25) is 10.1 Å². The smallest absolute Gasteiger partial charge is 0.351 e. The van der Waals surface area contributed by atoms with Crippen molar-refractivity contribution in [2.45, 2.75) is 39.0 Å². The van der Waals surface area contributed by atoms with Gasteiger partial charge >= 0.3 is 5.69 Å². The minimum absolute atomic E-state index is 0.0727. The van der Waals surface area contributed by atoms with Crippen molar-refractivity contribution in [1.29, 1.82) is 0 Å². The van der Waals surface area contributed by atoms with Crippen molar-refractivity contribution in [3.63, 3.8) is 0 Å². The Balaban J connectivity index is 1.48. The van der Waals surface area contributed by atoms with E-state index >= 15 is 0 Å². The van der Waals surface area contributed by atoms with Crippen LogP contribution in [-0.4, -0.2) is 41.1 Å². The average Bonchev–Trinajstić information content (AvgIpc) is 2.75. The molecule has 2 fully saturated rings. The fraction of sp³-hybridized carbons (Fsp3) is 0.545. The number of rotatable bonds is 5. The van der Waals surface area contributed by atoms with E-state index in [0.717, 1.165) is 58.3 Å². The van der Waals surface area contributed by atoms with Crippen molar-refractivity contribution in [3.8, 4) is 0 Å². The van der Waals surface area contributed by atoms with E-state index < -0.39 is 0 Å². The molecule has 7 heteroatoms. The summed E-state index contributed by atoms with van der Waals surface area (Å²) < 4.78 is 0. The highest BCUT2D eigenvalue weighted by atomic mass is 16.6. The van der Waals surface area contributed by atoms with E-state index in [1.165, 1.54) is 11.9 Å². The summed E-state index contributed by atoms with van der Waals surface area (Å²) in [5.41, 5.74) is 1.43. The minimum Gasteiger partial charge on any atom is -0.351 e. The highest BCUT2D eigenvalue weighted by molar-refractivity contribution is 5.71. The van der Waals surface area contributed by atoms with Gasteiger partial charge in [0, 0.05) is 26.2 Å². The Bertz CT molecular complexity index is 828. The van der Waals surface area contributed by atoms with Crippen LogP contribution in [0, 0.1) is 22.0 Å². The molecule has 1 aromatic carbocycles. The first-order chi connectivity index (χ1) is 14.1. The second-order valence-corrected chi connectivity index (χ2v) is 8.42. The van der Waals surface area contributed by atoms with E-state index in [1.807, 2.05) is 6.07 Å². The van der Waals surface area contributed by atoms with Crippen molar-refractivity contribution in [3.05, 3.63) is 52.3 Å². The summed E-state index contributed by atoms with van der Waals surface area (Å²) in [6.45, 7) is 5.46. The van der Waals surface area contributed by atoms with Crippen molar-refractivity contribution in [2.75, 3.05) is 36.0 Å². The number of hydrogen-bond acceptors (Lipinski definition) is 6. The monoisotopic (exact) mass is 395 g/mol. The van der Waals surface area contributed by atoms with Gasteiger partial charge in [0.05, 0.1) is 4.92 Å². The first kappa shape index (κ1) is 19.6. The maximum atomic E-state index is 12.0. The second kappa shape index (κ2) is 8.76. The fourth-order valence-electron chi connectivity index (χ4n) is 4.50. The van der Waals surface area contributed by atoms with Crippen LogP contribution in [-0.2, 0) is 6.42 Å². The number of anilines is 2. The molecule has 0 radical (unpaired) electrons. The van der Waals surface area contributed by atoms with Crippen LogP contribution < -0.4 is 9.80 Å². The van der Waals surface area contributed by atoms with E-state index in [4.69, 9.17) is 0 Å². The van der Waals surface area contributed by atoms with Crippen LogP contribution in [0.2, 0.25) is 0 Å². The second-order valence-electron chi connectivity index (χ2n) is 8.42. The molecule has 0 spiro atoms. The van der Waals surface area contributed by atoms with Gasteiger partial charge in [0.15, 0.2) is 0 Å². The summed E-state index contributed by atoms with van der Waals surface area (Å²) in [4.78, 5) is 24.5. The molecule has 0 unspecified atom stereocenters. The molecule has 1 aromatic heterocycles. The Labute approximate surface area is 171 Å². The van der Waals surface area contributed by atoms with Crippen LogP contribution in [0.4, 0.5) is 17.3 Å². The van der Waals surface area contributed by atoms with Crippen LogP contribution in [0.1, 0.15) is 38.2 Å². The third-order valence-electron chi connectivity index (χ3n) is 6.33. The van der Waals surface area contributed by atoms with Crippen molar-refractivity contribution < 1.29 is 4.92 Å². The summed E-state index contributed by atoms with van der Waals surface area (Å²) in [5, 5.41) is 12.0. The van der Waals surface area contributed by atoms with E-state index in [1.54, 1.807) is 0 Å². The van der Waals surface area contributed by atoms with Crippen molar-refractivity contribution >= 4 is 17.3 Å². The van der Waals surface area contributed by atoms with Gasteiger partial charge in [-0.2, -0.15) is 0 Å². The Hall–Kier alpha value is -2.70. The summed E-state index contributed by atoms with van der Waals surface area (Å²) in [6.07, 6.45) is 6.69. The Morgan fingerprint density at radius 3 is 2.07 bits per heavy atom. The van der Waals surface area contributed by atoms with Gasteiger partial charge in [-0.15, -0.1) is 0 Å². The van der Waals surface area contributed by atoms with Crippen molar-refractivity contribution in [1.82, 2.24) is 9.97 Å². The van der Waals surface area contributed by atoms with Crippen LogP contribution in [0.25, 0.3) is 0 Å². The van der Waals surface area contributed by atoms with E-state index in [0.29, 0.717) is 23.5 Å². The lowest BCUT2D eigenvalue weighted by Gasteiger charge is -2.34. The lowest BCUT2D eigenvalue weighted by atomic mass is 9.90. The Morgan fingerprint density at radius 1 is 0.966 bits per heavy atom. The zero-order valence-electron chi connectivity index (χ0n) is 17.0. The normalized spacial score (nSPS) is 18.8. The molecule has 0 N–H and O–H groups in total. The zero-order chi connectivity index (χ0) is 20.2. The molecule has 2 aliphatic heterocycles. The van der Waals surface area contributed by atoms with E-state index in [2.05, 4.69) is 51.0 Å². The molecule has 0 saturated carbocycles. The first-order valence-corrected chi connectivity index (χ1v) is 10.6. The third kappa shape index (κ3) is 4.49. The number of nitrogens with zero attached hydrogens (tertiary/aromatic N) is 5. The average molecular weight is 396 g/mol. The topological polar surface area (TPSA) is 75.4 Å². The molecule has 0 bridgehead atoms. The van der Waals surface area contributed by atoms with Crippen LogP contribution in [0.15, 0.2) is 36.7 Å². The molecule has 7 nitrogen and oxygen atoms in total. The number of piperidine rings is 2. The van der Waals surface area contributed by atoms with Gasteiger partial charge < -0.3 is 9.80 Å². The van der Waals surface area contributed by atoms with Gasteiger partial charge in [-0.05, 0) is 49.5 Å². The lowest BCUT2D eigenvalue weighted by Crippen LogP contribution is -2.37. The largest absolute Gasteiger partial charge is 0.353 e. The fourth-order valence-corrected chi connectivity index (χ4v) is 4.50. The minimum atomic E-state index is -0.293. The number of aromatic nitrogens is 2. The van der Waals surface area contributed by atoms with Gasteiger partial charge in [-0.1, -0.05) is 37.3 Å². The van der Waals surface area contributed by atoms with E-state index in [-0.39, 0.29) is 10.6 Å². The van der Waals surface area contributed by atoms with Gasteiger partial charge in [0.1, 0.15) is 6.33 Å². The maximum Gasteiger partial charge on any atom is 0.353 e. The number of hydrogen-bond donors (Lipinski definition) is 0. The van der Waals surface area contributed by atoms with Gasteiger partial charge in [0.25, 0.3) is 0 Å². The summed E-state index contributed by atoms with van der Waals surface area (Å²) in [5.74, 6) is 2.24. The first-order valence-electron chi connectivity index (χ1n) is 10.6. The van der Waals surface area contributed by atoms with Gasteiger partial charge in [-0.25, -0.2) is 9.97 Å². The zero-order valence-corrected chi connectivity index (χ0v) is 17.0. The highest BCUT2D eigenvalue weighted by Gasteiger charge is 2.32. The molecule has 0 aliphatic carbocycles. The highest BCUT2D eigenvalue weighted by Crippen LogP contribution is 2.37. The molecule has 2 aliphatic rings. The molecule has 2 saturated heterocycles. The van der Waals surface area contributed by atoms with Crippen LogP contribution >= 0.6 is 0 Å². The molecule has 4 rings (SSSR count). The lowest BCUT2D eigenvalue weighted by molar-refractivity contribution is -0.383.